The van der Waals surface area contributed by atoms with Gasteiger partial charge in [0.15, 0.2) is 0 Å². The maximum absolute atomic E-state index is 12.9. The van der Waals surface area contributed by atoms with Crippen molar-refractivity contribution in [3.8, 4) is 0 Å². The number of carboxylic acids is 1. The minimum absolute atomic E-state index is 0.103. The number of nitrogens with two attached hydrogens (primary N) is 1. The molecule has 0 saturated carbocycles. The largest absolute Gasteiger partial charge is 0.480 e. The van der Waals surface area contributed by atoms with E-state index in [4.69, 9.17) is 10.8 Å². The van der Waals surface area contributed by atoms with Crippen molar-refractivity contribution in [3.05, 3.63) is 35.9 Å². The number of aliphatic carboxylic acids is 1. The Morgan fingerprint density at radius 2 is 1.55 bits per heavy atom. The van der Waals surface area contributed by atoms with E-state index in [1.165, 1.54) is 0 Å². The molecule has 0 aliphatic carbocycles. The quantitative estimate of drug-likeness (QED) is 0.192. The third-order valence-corrected chi connectivity index (χ3v) is 4.86. The lowest BCUT2D eigenvalue weighted by Gasteiger charge is -2.26. The van der Waals surface area contributed by atoms with E-state index in [-0.39, 0.29) is 18.1 Å². The Morgan fingerprint density at radius 3 is 2.03 bits per heavy atom. The molecule has 1 rings (SSSR count). The Balaban J connectivity index is 3.04. The Hall–Kier alpha value is -2.63. The number of carbonyl (C=O) groups is 4. The van der Waals surface area contributed by atoms with Crippen LogP contribution >= 0.6 is 12.6 Å². The van der Waals surface area contributed by atoms with Gasteiger partial charge in [-0.3, -0.25) is 14.4 Å². The summed E-state index contributed by atoms with van der Waals surface area (Å²) in [5.74, 6) is -3.77. The summed E-state index contributed by atoms with van der Waals surface area (Å²) in [6.45, 7) is 2.81. The summed E-state index contributed by atoms with van der Waals surface area (Å²) >= 11 is 3.93. The lowest BCUT2D eigenvalue weighted by atomic mass is 10.0. The van der Waals surface area contributed by atoms with E-state index in [0.29, 0.717) is 0 Å². The molecule has 0 aliphatic rings. The van der Waals surface area contributed by atoms with E-state index in [1.54, 1.807) is 44.2 Å². The van der Waals surface area contributed by atoms with Crippen LogP contribution in [0.3, 0.4) is 0 Å². The van der Waals surface area contributed by atoms with Gasteiger partial charge in [0.25, 0.3) is 0 Å². The third-order valence-electron chi connectivity index (χ3n) is 4.49. The van der Waals surface area contributed by atoms with Gasteiger partial charge in [-0.25, -0.2) is 4.79 Å². The highest BCUT2D eigenvalue weighted by molar-refractivity contribution is 7.80. The van der Waals surface area contributed by atoms with Crippen molar-refractivity contribution < 1.29 is 29.4 Å². The van der Waals surface area contributed by atoms with Gasteiger partial charge in [-0.05, 0) is 11.5 Å². The summed E-state index contributed by atoms with van der Waals surface area (Å²) in [6, 6.07) is 4.34. The predicted molar refractivity (Wildman–Crippen MR) is 117 cm³/mol. The molecule has 7 N–H and O–H groups in total. The molecule has 0 radical (unpaired) electrons. The van der Waals surface area contributed by atoms with Crippen LogP contribution in [0.1, 0.15) is 19.4 Å². The minimum Gasteiger partial charge on any atom is -0.480 e. The summed E-state index contributed by atoms with van der Waals surface area (Å²) in [5.41, 5.74) is 6.24. The first-order valence-electron chi connectivity index (χ1n) is 9.75. The molecule has 0 heterocycles. The fourth-order valence-corrected chi connectivity index (χ4v) is 2.90. The summed E-state index contributed by atoms with van der Waals surface area (Å²) < 4.78 is 0. The Labute approximate surface area is 186 Å². The van der Waals surface area contributed by atoms with E-state index in [2.05, 4.69) is 28.6 Å². The molecule has 4 atom stereocenters. The highest BCUT2D eigenvalue weighted by atomic mass is 32.1. The monoisotopic (exact) mass is 454 g/mol. The normalized spacial score (nSPS) is 14.8. The molecule has 0 fully saturated rings. The Kier molecular flexibility index (Phi) is 11.0. The van der Waals surface area contributed by atoms with E-state index < -0.39 is 54.5 Å². The zero-order valence-electron chi connectivity index (χ0n) is 17.4. The number of carboxylic acid groups (broad SMARTS) is 1. The molecule has 0 bridgehead atoms. The van der Waals surface area contributed by atoms with Crippen LogP contribution in [0.15, 0.2) is 30.3 Å². The van der Waals surface area contributed by atoms with Gasteiger partial charge in [-0.15, -0.1) is 0 Å². The zero-order chi connectivity index (χ0) is 23.6. The maximum Gasteiger partial charge on any atom is 0.327 e. The molecule has 1 aromatic rings. The van der Waals surface area contributed by atoms with Crippen LogP contribution in [0.5, 0.6) is 0 Å². The molecular weight excluding hydrogens is 424 g/mol. The molecule has 0 spiro atoms. The molecule has 11 heteroatoms. The zero-order valence-corrected chi connectivity index (χ0v) is 18.3. The number of hydrogen-bond acceptors (Lipinski definition) is 7. The first-order chi connectivity index (χ1) is 14.6. The molecule has 0 saturated heterocycles. The molecule has 4 unspecified atom stereocenters. The fourth-order valence-electron chi connectivity index (χ4n) is 2.66. The second-order valence-corrected chi connectivity index (χ2v) is 7.72. The fraction of sp³-hybridized carbons (Fsp3) is 0.500. The van der Waals surface area contributed by atoms with Gasteiger partial charge in [0.1, 0.15) is 24.2 Å². The number of hydrogen-bond donors (Lipinski definition) is 7. The average Bonchev–Trinajstić information content (AvgIpc) is 2.74. The number of carbonyl (C=O) groups excluding carboxylic acids is 3. The SMILES string of the molecule is CC(C)C(NC(=O)C(N)CO)C(=O)NC(Cc1ccccc1)C(=O)NC(CS)C(=O)O. The van der Waals surface area contributed by atoms with Crippen LogP contribution in [-0.4, -0.2) is 70.4 Å². The number of amides is 3. The number of aliphatic hydroxyl groups is 1. The first kappa shape index (κ1) is 26.4. The Bertz CT molecular complexity index is 761. The van der Waals surface area contributed by atoms with Crippen LogP contribution in [-0.2, 0) is 25.6 Å². The van der Waals surface area contributed by atoms with Crippen LogP contribution < -0.4 is 21.7 Å². The van der Waals surface area contributed by atoms with Crippen molar-refractivity contribution in [3.63, 3.8) is 0 Å². The number of benzene rings is 1. The van der Waals surface area contributed by atoms with Gasteiger partial charge < -0.3 is 31.9 Å². The highest BCUT2D eigenvalue weighted by Gasteiger charge is 2.31. The van der Waals surface area contributed by atoms with E-state index >= 15 is 0 Å². The predicted octanol–water partition coefficient (Wildman–Crippen LogP) is -1.33. The van der Waals surface area contributed by atoms with E-state index in [9.17, 15) is 24.3 Å². The van der Waals surface area contributed by atoms with Crippen molar-refractivity contribution in [2.75, 3.05) is 12.4 Å². The second kappa shape index (κ2) is 12.9. The van der Waals surface area contributed by atoms with Crippen molar-refractivity contribution in [1.82, 2.24) is 16.0 Å². The van der Waals surface area contributed by atoms with Crippen LogP contribution in [0, 0.1) is 5.92 Å². The van der Waals surface area contributed by atoms with Gasteiger partial charge in [0.05, 0.1) is 6.61 Å². The summed E-state index contributed by atoms with van der Waals surface area (Å²) in [7, 11) is 0. The first-order valence-corrected chi connectivity index (χ1v) is 10.4. The third kappa shape index (κ3) is 8.56. The minimum atomic E-state index is -1.25. The lowest BCUT2D eigenvalue weighted by Crippen LogP contribution is -2.59. The van der Waals surface area contributed by atoms with Crippen LogP contribution in [0.4, 0.5) is 0 Å². The van der Waals surface area contributed by atoms with Crippen LogP contribution in [0.2, 0.25) is 0 Å². The average molecular weight is 455 g/mol. The maximum atomic E-state index is 12.9. The number of aliphatic hydroxyl groups excluding tert-OH is 1. The molecule has 31 heavy (non-hydrogen) atoms. The van der Waals surface area contributed by atoms with Gasteiger partial charge in [-0.1, -0.05) is 44.2 Å². The second-order valence-electron chi connectivity index (χ2n) is 7.35. The highest BCUT2D eigenvalue weighted by Crippen LogP contribution is 2.07. The number of thiol groups is 1. The van der Waals surface area contributed by atoms with Gasteiger partial charge in [-0.2, -0.15) is 12.6 Å². The molecule has 172 valence electrons. The van der Waals surface area contributed by atoms with Crippen molar-refractivity contribution in [2.24, 2.45) is 11.7 Å². The van der Waals surface area contributed by atoms with Gasteiger partial charge >= 0.3 is 5.97 Å². The smallest absolute Gasteiger partial charge is 0.327 e. The standard InChI is InChI=1S/C20H30N4O6S/c1-11(2)16(24-17(26)13(21)9-25)19(28)22-14(8-12-6-4-3-5-7-12)18(27)23-15(10-31)20(29)30/h3-7,11,13-16,25,31H,8-10,21H2,1-2H3,(H,22,28)(H,23,27)(H,24,26)(H,29,30). The summed E-state index contributed by atoms with van der Waals surface area (Å²) in [6.07, 6.45) is 0.103. The van der Waals surface area contributed by atoms with E-state index in [1.807, 2.05) is 0 Å². The van der Waals surface area contributed by atoms with Gasteiger partial charge in [0, 0.05) is 12.2 Å². The molecule has 0 aliphatic heterocycles. The molecule has 10 nitrogen and oxygen atoms in total. The van der Waals surface area contributed by atoms with Crippen molar-refractivity contribution in [2.45, 2.75) is 44.4 Å². The van der Waals surface area contributed by atoms with Crippen molar-refractivity contribution >= 4 is 36.3 Å². The Morgan fingerprint density at radius 1 is 0.968 bits per heavy atom. The lowest BCUT2D eigenvalue weighted by molar-refractivity contribution is -0.141. The van der Waals surface area contributed by atoms with Crippen molar-refractivity contribution in [1.29, 1.82) is 0 Å². The van der Waals surface area contributed by atoms with Crippen LogP contribution in [0.25, 0.3) is 0 Å². The molecular formula is C20H30N4O6S. The summed E-state index contributed by atoms with van der Waals surface area (Å²) in [4.78, 5) is 48.9. The molecule has 0 aromatic heterocycles. The number of rotatable bonds is 12. The molecule has 1 aromatic carbocycles. The topological polar surface area (TPSA) is 171 Å². The summed E-state index contributed by atoms with van der Waals surface area (Å²) in [5, 5.41) is 25.6. The van der Waals surface area contributed by atoms with Gasteiger partial charge in [0.2, 0.25) is 17.7 Å². The molecule has 3 amide bonds. The van der Waals surface area contributed by atoms with E-state index in [0.717, 1.165) is 5.56 Å². The number of nitrogens with one attached hydrogen (secondary N) is 3.